The van der Waals surface area contributed by atoms with E-state index in [1.165, 1.54) is 5.56 Å². The average Bonchev–Trinajstić information content (AvgIpc) is 2.75. The topological polar surface area (TPSA) is 74.9 Å². The van der Waals surface area contributed by atoms with Crippen molar-refractivity contribution in [3.8, 4) is 0 Å². The number of aromatic nitrogens is 2. The second-order valence-electron chi connectivity index (χ2n) is 3.74. The Kier molecular flexibility index (Phi) is 2.92. The van der Waals surface area contributed by atoms with Crippen LogP contribution in [0.25, 0.3) is 0 Å². The summed E-state index contributed by atoms with van der Waals surface area (Å²) in [4.78, 5) is 0. The molecule has 84 valence electrons. The quantitative estimate of drug-likeness (QED) is 0.731. The summed E-state index contributed by atoms with van der Waals surface area (Å²) in [5, 5.41) is 16.5. The number of anilines is 1. The molecule has 0 aliphatic rings. The van der Waals surface area contributed by atoms with Gasteiger partial charge in [0.2, 0.25) is 0 Å². The zero-order valence-corrected chi connectivity index (χ0v) is 9.14. The summed E-state index contributed by atoms with van der Waals surface area (Å²) in [5.41, 5.74) is 8.34. The van der Waals surface area contributed by atoms with E-state index in [0.717, 1.165) is 12.0 Å². The van der Waals surface area contributed by atoms with E-state index in [1.807, 2.05) is 24.3 Å². The van der Waals surface area contributed by atoms with Gasteiger partial charge in [-0.1, -0.05) is 31.2 Å². The van der Waals surface area contributed by atoms with Crippen LogP contribution >= 0.6 is 0 Å². The molecule has 1 aromatic carbocycles. The molecule has 0 fully saturated rings. The number of nitrogens with zero attached hydrogens (tertiary/aromatic N) is 1. The highest BCUT2D eigenvalue weighted by Gasteiger charge is 2.14. The highest BCUT2D eigenvalue weighted by molar-refractivity contribution is 5.43. The molecular formula is C12H15N3O. The zero-order valence-electron chi connectivity index (χ0n) is 9.14. The highest BCUT2D eigenvalue weighted by Crippen LogP contribution is 2.25. The highest BCUT2D eigenvalue weighted by atomic mass is 16.3. The largest absolute Gasteiger partial charge is 0.384 e. The van der Waals surface area contributed by atoms with Gasteiger partial charge in [0.15, 0.2) is 0 Å². The van der Waals surface area contributed by atoms with Crippen LogP contribution in [0.4, 0.5) is 5.82 Å². The van der Waals surface area contributed by atoms with Gasteiger partial charge in [0, 0.05) is 5.56 Å². The predicted octanol–water partition coefficient (Wildman–Crippen LogP) is 1.64. The van der Waals surface area contributed by atoms with Gasteiger partial charge in [-0.15, -0.1) is 0 Å². The van der Waals surface area contributed by atoms with Crippen LogP contribution < -0.4 is 5.73 Å². The van der Waals surface area contributed by atoms with Gasteiger partial charge in [0.25, 0.3) is 0 Å². The Hall–Kier alpha value is -1.81. The summed E-state index contributed by atoms with van der Waals surface area (Å²) < 4.78 is 0. The van der Waals surface area contributed by atoms with Gasteiger partial charge in [-0.3, -0.25) is 5.10 Å². The molecule has 1 atom stereocenters. The standard InChI is InChI=1S/C12H15N3O/c1-2-8-3-5-9(6-4-8)11(16)10-7-14-15-12(10)13/h3-7,11,16H,2H2,1H3,(H3,13,14,15). The van der Waals surface area contributed by atoms with Crippen molar-refractivity contribution in [2.24, 2.45) is 0 Å². The smallest absolute Gasteiger partial charge is 0.125 e. The van der Waals surface area contributed by atoms with Crippen LogP contribution in [0.5, 0.6) is 0 Å². The van der Waals surface area contributed by atoms with Crippen LogP contribution in [0.15, 0.2) is 30.5 Å². The van der Waals surface area contributed by atoms with Gasteiger partial charge in [0.05, 0.1) is 6.20 Å². The van der Waals surface area contributed by atoms with Crippen molar-refractivity contribution in [3.05, 3.63) is 47.2 Å². The number of aliphatic hydroxyl groups is 1. The average molecular weight is 217 g/mol. The number of nitrogens with two attached hydrogens (primary N) is 1. The van der Waals surface area contributed by atoms with Crippen molar-refractivity contribution in [2.75, 3.05) is 5.73 Å². The summed E-state index contributed by atoms with van der Waals surface area (Å²) in [7, 11) is 0. The molecule has 4 nitrogen and oxygen atoms in total. The summed E-state index contributed by atoms with van der Waals surface area (Å²) in [5.74, 6) is 0.409. The summed E-state index contributed by atoms with van der Waals surface area (Å²) in [6, 6.07) is 7.84. The number of hydrogen-bond acceptors (Lipinski definition) is 3. The van der Waals surface area contributed by atoms with E-state index in [1.54, 1.807) is 6.20 Å². The molecule has 1 unspecified atom stereocenters. The first kappa shape index (κ1) is 10.7. The molecule has 0 spiro atoms. The third-order valence-electron chi connectivity index (χ3n) is 2.70. The minimum atomic E-state index is -0.718. The zero-order chi connectivity index (χ0) is 11.5. The second-order valence-corrected chi connectivity index (χ2v) is 3.74. The molecule has 0 saturated carbocycles. The number of aromatic amines is 1. The van der Waals surface area contributed by atoms with E-state index in [9.17, 15) is 5.11 Å². The van der Waals surface area contributed by atoms with Crippen LogP contribution in [0.3, 0.4) is 0 Å². The lowest BCUT2D eigenvalue weighted by atomic mass is 10.0. The number of nitrogens with one attached hydrogen (secondary N) is 1. The molecule has 4 N–H and O–H groups in total. The van der Waals surface area contributed by atoms with Crippen molar-refractivity contribution in [1.29, 1.82) is 0 Å². The Labute approximate surface area is 94.1 Å². The number of H-pyrrole nitrogens is 1. The van der Waals surface area contributed by atoms with Crippen LogP contribution in [0.2, 0.25) is 0 Å². The molecule has 2 rings (SSSR count). The molecule has 0 saturated heterocycles. The van der Waals surface area contributed by atoms with Crippen LogP contribution in [-0.2, 0) is 6.42 Å². The predicted molar refractivity (Wildman–Crippen MR) is 62.9 cm³/mol. The first-order valence-electron chi connectivity index (χ1n) is 5.28. The molecule has 1 heterocycles. The molecule has 4 heteroatoms. The number of benzene rings is 1. The first-order valence-corrected chi connectivity index (χ1v) is 5.28. The Balaban J connectivity index is 2.27. The van der Waals surface area contributed by atoms with Crippen molar-refractivity contribution in [1.82, 2.24) is 10.2 Å². The Morgan fingerprint density at radius 2 is 2.06 bits per heavy atom. The maximum Gasteiger partial charge on any atom is 0.125 e. The Bertz CT molecular complexity index is 461. The monoisotopic (exact) mass is 217 g/mol. The third-order valence-corrected chi connectivity index (χ3v) is 2.70. The maximum atomic E-state index is 10.1. The van der Waals surface area contributed by atoms with Gasteiger partial charge in [-0.05, 0) is 17.5 Å². The first-order chi connectivity index (χ1) is 7.72. The number of aryl methyl sites for hydroxylation is 1. The molecule has 1 aromatic heterocycles. The van der Waals surface area contributed by atoms with E-state index >= 15 is 0 Å². The van der Waals surface area contributed by atoms with Gasteiger partial charge in [-0.25, -0.2) is 0 Å². The SMILES string of the molecule is CCc1ccc(C(O)c2cn[nH]c2N)cc1. The van der Waals surface area contributed by atoms with Crippen molar-refractivity contribution < 1.29 is 5.11 Å². The molecule has 16 heavy (non-hydrogen) atoms. The minimum Gasteiger partial charge on any atom is -0.384 e. The number of nitrogen functional groups attached to an aromatic ring is 1. The van der Waals surface area contributed by atoms with Crippen molar-refractivity contribution in [3.63, 3.8) is 0 Å². The Morgan fingerprint density at radius 1 is 1.38 bits per heavy atom. The van der Waals surface area contributed by atoms with E-state index in [2.05, 4.69) is 17.1 Å². The maximum absolute atomic E-state index is 10.1. The van der Waals surface area contributed by atoms with E-state index in [4.69, 9.17) is 5.73 Å². The van der Waals surface area contributed by atoms with Crippen molar-refractivity contribution >= 4 is 5.82 Å². The fourth-order valence-electron chi connectivity index (χ4n) is 1.64. The van der Waals surface area contributed by atoms with E-state index in [-0.39, 0.29) is 0 Å². The van der Waals surface area contributed by atoms with E-state index in [0.29, 0.717) is 11.4 Å². The summed E-state index contributed by atoms with van der Waals surface area (Å²) in [6.45, 7) is 2.10. The molecule has 0 bridgehead atoms. The summed E-state index contributed by atoms with van der Waals surface area (Å²) >= 11 is 0. The fourth-order valence-corrected chi connectivity index (χ4v) is 1.64. The van der Waals surface area contributed by atoms with Gasteiger partial charge in [0.1, 0.15) is 11.9 Å². The van der Waals surface area contributed by atoms with Crippen LogP contribution in [0.1, 0.15) is 29.7 Å². The van der Waals surface area contributed by atoms with Gasteiger partial charge >= 0.3 is 0 Å². The lowest BCUT2D eigenvalue weighted by Crippen LogP contribution is -2.02. The number of aliphatic hydroxyl groups excluding tert-OH is 1. The summed E-state index contributed by atoms with van der Waals surface area (Å²) in [6.07, 6.45) is 1.82. The molecular weight excluding hydrogens is 202 g/mol. The fraction of sp³-hybridized carbons (Fsp3) is 0.250. The number of hydrogen-bond donors (Lipinski definition) is 3. The molecule has 0 radical (unpaired) electrons. The lowest BCUT2D eigenvalue weighted by Gasteiger charge is -2.10. The van der Waals surface area contributed by atoms with Crippen LogP contribution in [0, 0.1) is 0 Å². The molecule has 2 aromatic rings. The minimum absolute atomic E-state index is 0.409. The number of rotatable bonds is 3. The third kappa shape index (κ3) is 1.92. The van der Waals surface area contributed by atoms with Gasteiger partial charge in [-0.2, -0.15) is 5.10 Å². The van der Waals surface area contributed by atoms with Crippen LogP contribution in [-0.4, -0.2) is 15.3 Å². The van der Waals surface area contributed by atoms with E-state index < -0.39 is 6.10 Å². The lowest BCUT2D eigenvalue weighted by molar-refractivity contribution is 0.221. The second kappa shape index (κ2) is 4.37. The van der Waals surface area contributed by atoms with Crippen molar-refractivity contribution in [2.45, 2.75) is 19.4 Å². The normalized spacial score (nSPS) is 12.6. The Morgan fingerprint density at radius 3 is 2.56 bits per heavy atom. The van der Waals surface area contributed by atoms with Gasteiger partial charge < -0.3 is 10.8 Å². The molecule has 0 aliphatic heterocycles. The molecule has 0 aliphatic carbocycles. The molecule has 0 amide bonds.